The molecule has 0 aliphatic carbocycles. The SMILES string of the molecule is CC(C)CCn1c(COc2ccccc2)nnc1SCc1ccc(F)cc1. The van der Waals surface area contributed by atoms with E-state index in [1.807, 2.05) is 30.3 Å². The molecule has 3 rings (SSSR count). The van der Waals surface area contributed by atoms with Gasteiger partial charge in [0.25, 0.3) is 0 Å². The molecule has 0 aliphatic rings. The second-order valence-electron chi connectivity index (χ2n) is 6.75. The van der Waals surface area contributed by atoms with Crippen LogP contribution in [-0.4, -0.2) is 14.8 Å². The third kappa shape index (κ3) is 5.82. The zero-order valence-corrected chi connectivity index (χ0v) is 16.5. The Morgan fingerprint density at radius 3 is 2.48 bits per heavy atom. The van der Waals surface area contributed by atoms with Gasteiger partial charge in [-0.25, -0.2) is 4.39 Å². The van der Waals surface area contributed by atoms with Crippen molar-refractivity contribution >= 4 is 11.8 Å². The summed E-state index contributed by atoms with van der Waals surface area (Å²) in [6.45, 7) is 5.64. The molecule has 0 bridgehead atoms. The van der Waals surface area contributed by atoms with Crippen LogP contribution in [0.15, 0.2) is 59.8 Å². The number of rotatable bonds is 9. The molecule has 3 aromatic rings. The quantitative estimate of drug-likeness (QED) is 0.467. The van der Waals surface area contributed by atoms with Gasteiger partial charge in [0, 0.05) is 12.3 Å². The number of para-hydroxylation sites is 1. The van der Waals surface area contributed by atoms with Crippen molar-refractivity contribution in [3.63, 3.8) is 0 Å². The second-order valence-corrected chi connectivity index (χ2v) is 7.69. The highest BCUT2D eigenvalue weighted by atomic mass is 32.2. The lowest BCUT2D eigenvalue weighted by Crippen LogP contribution is -2.10. The molecule has 142 valence electrons. The number of hydrogen-bond donors (Lipinski definition) is 0. The van der Waals surface area contributed by atoms with E-state index in [-0.39, 0.29) is 5.82 Å². The average Bonchev–Trinajstić information content (AvgIpc) is 3.07. The smallest absolute Gasteiger partial charge is 0.191 e. The number of ether oxygens (including phenoxy) is 1. The number of benzene rings is 2. The van der Waals surface area contributed by atoms with Crippen molar-refractivity contribution in [1.29, 1.82) is 0 Å². The Morgan fingerprint density at radius 1 is 1.04 bits per heavy atom. The fourth-order valence-electron chi connectivity index (χ4n) is 2.54. The third-order valence-corrected chi connectivity index (χ3v) is 5.15. The summed E-state index contributed by atoms with van der Waals surface area (Å²) < 4.78 is 21.1. The number of nitrogens with zero attached hydrogens (tertiary/aromatic N) is 3. The van der Waals surface area contributed by atoms with Gasteiger partial charge in [0.1, 0.15) is 18.2 Å². The first-order chi connectivity index (χ1) is 13.1. The van der Waals surface area contributed by atoms with Gasteiger partial charge in [0.2, 0.25) is 0 Å². The van der Waals surface area contributed by atoms with Crippen LogP contribution < -0.4 is 4.74 Å². The van der Waals surface area contributed by atoms with Gasteiger partial charge in [-0.2, -0.15) is 0 Å². The van der Waals surface area contributed by atoms with Gasteiger partial charge < -0.3 is 9.30 Å². The maximum Gasteiger partial charge on any atom is 0.191 e. The summed E-state index contributed by atoms with van der Waals surface area (Å²) >= 11 is 1.61. The standard InChI is InChI=1S/C21H24FN3OS/c1-16(2)12-13-25-20(14-26-19-6-4-3-5-7-19)23-24-21(25)27-15-17-8-10-18(22)11-9-17/h3-11,16H,12-15H2,1-2H3. The van der Waals surface area contributed by atoms with Gasteiger partial charge >= 0.3 is 0 Å². The molecule has 6 heteroatoms. The molecule has 0 saturated carbocycles. The van der Waals surface area contributed by atoms with Crippen LogP contribution >= 0.6 is 11.8 Å². The van der Waals surface area contributed by atoms with Gasteiger partial charge in [-0.1, -0.05) is 55.9 Å². The summed E-state index contributed by atoms with van der Waals surface area (Å²) in [4.78, 5) is 0. The van der Waals surface area contributed by atoms with Crippen LogP contribution in [0.2, 0.25) is 0 Å². The topological polar surface area (TPSA) is 39.9 Å². The molecule has 2 aromatic carbocycles. The molecule has 0 saturated heterocycles. The summed E-state index contributed by atoms with van der Waals surface area (Å²) in [5, 5.41) is 9.57. The zero-order valence-electron chi connectivity index (χ0n) is 15.6. The minimum atomic E-state index is -0.218. The van der Waals surface area contributed by atoms with Gasteiger partial charge in [-0.15, -0.1) is 10.2 Å². The van der Waals surface area contributed by atoms with Crippen molar-refractivity contribution in [2.75, 3.05) is 0 Å². The van der Waals surface area contributed by atoms with Gasteiger partial charge in [0.05, 0.1) is 0 Å². The van der Waals surface area contributed by atoms with E-state index in [0.717, 1.165) is 41.0 Å². The Morgan fingerprint density at radius 2 is 1.78 bits per heavy atom. The lowest BCUT2D eigenvalue weighted by atomic mass is 10.1. The second kappa shape index (κ2) is 9.55. The first-order valence-electron chi connectivity index (χ1n) is 9.09. The van der Waals surface area contributed by atoms with Gasteiger partial charge in [0.15, 0.2) is 11.0 Å². The van der Waals surface area contributed by atoms with Crippen molar-refractivity contribution < 1.29 is 9.13 Å². The van der Waals surface area contributed by atoms with Crippen LogP contribution in [0.5, 0.6) is 5.75 Å². The molecule has 0 fully saturated rings. The molecule has 0 spiro atoms. The van der Waals surface area contributed by atoms with E-state index in [2.05, 4.69) is 28.6 Å². The molecule has 0 unspecified atom stereocenters. The first kappa shape index (κ1) is 19.4. The van der Waals surface area contributed by atoms with E-state index in [1.54, 1.807) is 23.9 Å². The van der Waals surface area contributed by atoms with Crippen molar-refractivity contribution in [2.45, 2.75) is 44.3 Å². The van der Waals surface area contributed by atoms with Crippen molar-refractivity contribution in [2.24, 2.45) is 5.92 Å². The molecule has 0 radical (unpaired) electrons. The molecule has 0 atom stereocenters. The molecule has 1 heterocycles. The van der Waals surface area contributed by atoms with Crippen LogP contribution in [0.1, 0.15) is 31.7 Å². The maximum atomic E-state index is 13.1. The molecule has 1 aromatic heterocycles. The van der Waals surface area contributed by atoms with Crippen LogP contribution in [0.4, 0.5) is 4.39 Å². The Balaban J connectivity index is 1.70. The number of halogens is 1. The summed E-state index contributed by atoms with van der Waals surface area (Å²) in [6, 6.07) is 16.3. The summed E-state index contributed by atoms with van der Waals surface area (Å²) in [5.41, 5.74) is 1.06. The van der Waals surface area contributed by atoms with Gasteiger partial charge in [-0.05, 0) is 42.2 Å². The Labute approximate surface area is 163 Å². The number of thioether (sulfide) groups is 1. The largest absolute Gasteiger partial charge is 0.486 e. The average molecular weight is 386 g/mol. The molecule has 4 nitrogen and oxygen atoms in total. The summed E-state index contributed by atoms with van der Waals surface area (Å²) in [7, 11) is 0. The summed E-state index contributed by atoms with van der Waals surface area (Å²) in [6.07, 6.45) is 1.04. The monoisotopic (exact) mass is 385 g/mol. The van der Waals surface area contributed by atoms with Crippen molar-refractivity contribution in [3.05, 3.63) is 71.8 Å². The molecular weight excluding hydrogens is 361 g/mol. The lowest BCUT2D eigenvalue weighted by molar-refractivity contribution is 0.285. The Kier molecular flexibility index (Phi) is 6.87. The van der Waals surface area contributed by atoms with E-state index in [0.29, 0.717) is 12.5 Å². The highest BCUT2D eigenvalue weighted by molar-refractivity contribution is 7.98. The fourth-order valence-corrected chi connectivity index (χ4v) is 3.48. The minimum Gasteiger partial charge on any atom is -0.486 e. The fraction of sp³-hybridized carbons (Fsp3) is 0.333. The molecule has 0 amide bonds. The molecular formula is C21H24FN3OS. The first-order valence-corrected chi connectivity index (χ1v) is 10.1. The summed E-state index contributed by atoms with van der Waals surface area (Å²) in [5.74, 6) is 2.73. The molecule has 0 aliphatic heterocycles. The van der Waals surface area contributed by atoms with Crippen LogP contribution in [0.25, 0.3) is 0 Å². The maximum absolute atomic E-state index is 13.1. The number of hydrogen-bond acceptors (Lipinski definition) is 4. The highest BCUT2D eigenvalue weighted by Gasteiger charge is 2.14. The highest BCUT2D eigenvalue weighted by Crippen LogP contribution is 2.24. The van der Waals surface area contributed by atoms with Crippen LogP contribution in [-0.2, 0) is 18.9 Å². The van der Waals surface area contributed by atoms with E-state index in [4.69, 9.17) is 4.74 Å². The zero-order chi connectivity index (χ0) is 19.1. The predicted octanol–water partition coefficient (Wildman–Crippen LogP) is 5.33. The van der Waals surface area contributed by atoms with Crippen molar-refractivity contribution in [1.82, 2.24) is 14.8 Å². The van der Waals surface area contributed by atoms with E-state index < -0.39 is 0 Å². The van der Waals surface area contributed by atoms with Gasteiger partial charge in [-0.3, -0.25) is 0 Å². The third-order valence-electron chi connectivity index (χ3n) is 4.12. The van der Waals surface area contributed by atoms with E-state index >= 15 is 0 Å². The number of aromatic nitrogens is 3. The van der Waals surface area contributed by atoms with E-state index in [9.17, 15) is 4.39 Å². The normalized spacial score (nSPS) is 11.1. The molecule has 0 N–H and O–H groups in total. The molecule has 27 heavy (non-hydrogen) atoms. The lowest BCUT2D eigenvalue weighted by Gasteiger charge is -2.12. The predicted molar refractivity (Wildman–Crippen MR) is 106 cm³/mol. The van der Waals surface area contributed by atoms with Crippen molar-refractivity contribution in [3.8, 4) is 5.75 Å². The minimum absolute atomic E-state index is 0.218. The Bertz CT molecular complexity index is 834. The Hall–Kier alpha value is -2.34. The van der Waals surface area contributed by atoms with Crippen LogP contribution in [0, 0.1) is 11.7 Å². The van der Waals surface area contributed by atoms with E-state index in [1.165, 1.54) is 12.1 Å². The van der Waals surface area contributed by atoms with Crippen LogP contribution in [0.3, 0.4) is 0 Å².